The lowest BCUT2D eigenvalue weighted by Crippen LogP contribution is -2.58. The number of urea groups is 1. The van der Waals surface area contributed by atoms with E-state index in [1.807, 2.05) is 19.1 Å². The zero-order valence-corrected chi connectivity index (χ0v) is 14.8. The van der Waals surface area contributed by atoms with Crippen molar-refractivity contribution in [2.45, 2.75) is 25.9 Å². The molecule has 0 aliphatic carbocycles. The molecule has 2 atom stereocenters. The van der Waals surface area contributed by atoms with Gasteiger partial charge in [-0.15, -0.1) is 0 Å². The summed E-state index contributed by atoms with van der Waals surface area (Å²) in [6.07, 6.45) is 0. The molecular weight excluding hydrogens is 320 g/mol. The summed E-state index contributed by atoms with van der Waals surface area (Å²) in [6, 6.07) is 7.49. The van der Waals surface area contributed by atoms with E-state index in [0.717, 1.165) is 31.9 Å². The number of carbonyl (C=O) groups excluding carboxylic acids is 2. The van der Waals surface area contributed by atoms with E-state index in [1.54, 1.807) is 11.8 Å². The van der Waals surface area contributed by atoms with Gasteiger partial charge in [0.15, 0.2) is 0 Å². The average Bonchev–Trinajstić information content (AvgIpc) is 2.64. The lowest BCUT2D eigenvalue weighted by atomic mass is 10.1. The van der Waals surface area contributed by atoms with E-state index in [0.29, 0.717) is 13.1 Å². The molecule has 0 unspecified atom stereocenters. The van der Waals surface area contributed by atoms with Crippen molar-refractivity contribution in [1.82, 2.24) is 15.5 Å². The molecule has 7 nitrogen and oxygen atoms in total. The molecule has 0 spiro atoms. The minimum Gasteiger partial charge on any atom is -0.378 e. The highest BCUT2D eigenvalue weighted by molar-refractivity contribution is 5.88. The van der Waals surface area contributed by atoms with Crippen LogP contribution in [0.4, 0.5) is 10.5 Å². The van der Waals surface area contributed by atoms with Gasteiger partial charge >= 0.3 is 6.03 Å². The summed E-state index contributed by atoms with van der Waals surface area (Å²) in [4.78, 5) is 28.0. The number of anilines is 1. The zero-order chi connectivity index (χ0) is 17.8. The van der Waals surface area contributed by atoms with Crippen molar-refractivity contribution in [1.29, 1.82) is 0 Å². The maximum atomic E-state index is 12.5. The van der Waals surface area contributed by atoms with Crippen molar-refractivity contribution in [2.75, 3.05) is 44.3 Å². The molecule has 0 aromatic heterocycles. The van der Waals surface area contributed by atoms with Crippen LogP contribution in [-0.4, -0.2) is 62.3 Å². The van der Waals surface area contributed by atoms with Gasteiger partial charge in [-0.2, -0.15) is 0 Å². The lowest BCUT2D eigenvalue weighted by Gasteiger charge is -2.33. The van der Waals surface area contributed by atoms with Crippen LogP contribution in [0.15, 0.2) is 24.3 Å². The number of rotatable bonds is 3. The molecule has 2 aliphatic heterocycles. The van der Waals surface area contributed by atoms with E-state index in [4.69, 9.17) is 4.74 Å². The Morgan fingerprint density at radius 3 is 2.60 bits per heavy atom. The first kappa shape index (κ1) is 17.5. The van der Waals surface area contributed by atoms with Gasteiger partial charge in [0.1, 0.15) is 6.04 Å². The molecule has 2 aliphatic rings. The number of nitrogens with zero attached hydrogens (tertiary/aromatic N) is 2. The second-order valence-corrected chi connectivity index (χ2v) is 6.52. The number of hydrogen-bond acceptors (Lipinski definition) is 4. The maximum Gasteiger partial charge on any atom is 0.318 e. The monoisotopic (exact) mass is 346 g/mol. The molecule has 2 N–H and O–H groups in total. The number of ether oxygens (including phenoxy) is 1. The number of morpholine rings is 1. The van der Waals surface area contributed by atoms with Gasteiger partial charge in [-0.3, -0.25) is 4.79 Å². The standard InChI is InChI=1S/C18H26N4O3/c1-13(20-18(24)22-8-7-19-17(23)14(22)2)15-3-5-16(6-4-15)21-9-11-25-12-10-21/h3-6,13-14H,7-12H2,1-2H3,(H,19,23)(H,20,24)/t13-,14-/m1/s1. The molecule has 3 amide bonds. The molecule has 1 aromatic rings. The number of piperazine rings is 1. The summed E-state index contributed by atoms with van der Waals surface area (Å²) in [5.74, 6) is -0.107. The van der Waals surface area contributed by atoms with Crippen molar-refractivity contribution < 1.29 is 14.3 Å². The molecule has 0 saturated carbocycles. The van der Waals surface area contributed by atoms with Crippen LogP contribution in [0.2, 0.25) is 0 Å². The topological polar surface area (TPSA) is 73.9 Å². The highest BCUT2D eigenvalue weighted by atomic mass is 16.5. The Hall–Kier alpha value is -2.28. The Balaban J connectivity index is 1.59. The lowest BCUT2D eigenvalue weighted by molar-refractivity contribution is -0.126. The van der Waals surface area contributed by atoms with E-state index in [2.05, 4.69) is 27.7 Å². The Morgan fingerprint density at radius 1 is 1.24 bits per heavy atom. The highest BCUT2D eigenvalue weighted by Gasteiger charge is 2.29. The Bertz CT molecular complexity index is 613. The fourth-order valence-corrected chi connectivity index (χ4v) is 3.21. The first-order valence-electron chi connectivity index (χ1n) is 8.84. The third-order valence-electron chi connectivity index (χ3n) is 4.87. The van der Waals surface area contributed by atoms with Crippen molar-refractivity contribution in [3.8, 4) is 0 Å². The second-order valence-electron chi connectivity index (χ2n) is 6.52. The van der Waals surface area contributed by atoms with Crippen LogP contribution in [0, 0.1) is 0 Å². The molecule has 136 valence electrons. The fraction of sp³-hybridized carbons (Fsp3) is 0.556. The van der Waals surface area contributed by atoms with E-state index in [-0.39, 0.29) is 18.0 Å². The van der Waals surface area contributed by atoms with Crippen LogP contribution < -0.4 is 15.5 Å². The van der Waals surface area contributed by atoms with E-state index >= 15 is 0 Å². The number of amides is 3. The third-order valence-corrected chi connectivity index (χ3v) is 4.87. The molecular formula is C18H26N4O3. The van der Waals surface area contributed by atoms with Gasteiger partial charge in [0.25, 0.3) is 0 Å². The predicted octanol–water partition coefficient (Wildman–Crippen LogP) is 1.11. The number of nitrogens with one attached hydrogen (secondary N) is 2. The Labute approximate surface area is 148 Å². The molecule has 0 bridgehead atoms. The first-order valence-corrected chi connectivity index (χ1v) is 8.84. The van der Waals surface area contributed by atoms with Gasteiger partial charge in [-0.1, -0.05) is 12.1 Å². The van der Waals surface area contributed by atoms with E-state index < -0.39 is 6.04 Å². The van der Waals surface area contributed by atoms with Crippen molar-refractivity contribution in [3.05, 3.63) is 29.8 Å². The van der Waals surface area contributed by atoms with Crippen LogP contribution >= 0.6 is 0 Å². The predicted molar refractivity (Wildman–Crippen MR) is 95.6 cm³/mol. The minimum absolute atomic E-state index is 0.107. The fourth-order valence-electron chi connectivity index (χ4n) is 3.21. The smallest absolute Gasteiger partial charge is 0.318 e. The van der Waals surface area contributed by atoms with Gasteiger partial charge in [-0.25, -0.2) is 4.79 Å². The molecule has 25 heavy (non-hydrogen) atoms. The molecule has 3 rings (SSSR count). The average molecular weight is 346 g/mol. The second kappa shape index (κ2) is 7.74. The first-order chi connectivity index (χ1) is 12.1. The molecule has 7 heteroatoms. The minimum atomic E-state index is -0.440. The molecule has 2 saturated heterocycles. The molecule has 2 fully saturated rings. The third kappa shape index (κ3) is 4.04. The van der Waals surface area contributed by atoms with Gasteiger partial charge < -0.3 is 25.2 Å². The van der Waals surface area contributed by atoms with Gasteiger partial charge in [-0.05, 0) is 31.5 Å². The van der Waals surface area contributed by atoms with Gasteiger partial charge in [0, 0.05) is 31.9 Å². The van der Waals surface area contributed by atoms with Crippen LogP contribution in [0.1, 0.15) is 25.5 Å². The summed E-state index contributed by atoms with van der Waals surface area (Å²) in [7, 11) is 0. The molecule has 2 heterocycles. The molecule has 1 aromatic carbocycles. The quantitative estimate of drug-likeness (QED) is 0.860. The van der Waals surface area contributed by atoms with Gasteiger partial charge in [0.2, 0.25) is 5.91 Å². The van der Waals surface area contributed by atoms with Crippen LogP contribution in [0.5, 0.6) is 0 Å². The van der Waals surface area contributed by atoms with Crippen LogP contribution in [-0.2, 0) is 9.53 Å². The van der Waals surface area contributed by atoms with Crippen molar-refractivity contribution >= 4 is 17.6 Å². The summed E-state index contributed by atoms with van der Waals surface area (Å²) in [6.45, 7) is 8.06. The number of benzene rings is 1. The normalized spacial score (nSPS) is 22.3. The van der Waals surface area contributed by atoms with E-state index in [1.165, 1.54) is 5.69 Å². The molecule has 0 radical (unpaired) electrons. The van der Waals surface area contributed by atoms with Crippen LogP contribution in [0.25, 0.3) is 0 Å². The van der Waals surface area contributed by atoms with Crippen molar-refractivity contribution in [2.24, 2.45) is 0 Å². The summed E-state index contributed by atoms with van der Waals surface area (Å²) >= 11 is 0. The summed E-state index contributed by atoms with van der Waals surface area (Å²) < 4.78 is 5.38. The number of carbonyl (C=O) groups is 2. The van der Waals surface area contributed by atoms with Crippen LogP contribution in [0.3, 0.4) is 0 Å². The largest absolute Gasteiger partial charge is 0.378 e. The number of hydrogen-bond donors (Lipinski definition) is 2. The van der Waals surface area contributed by atoms with Crippen molar-refractivity contribution in [3.63, 3.8) is 0 Å². The Morgan fingerprint density at radius 2 is 1.92 bits per heavy atom. The highest BCUT2D eigenvalue weighted by Crippen LogP contribution is 2.20. The maximum absolute atomic E-state index is 12.5. The van der Waals surface area contributed by atoms with E-state index in [9.17, 15) is 9.59 Å². The summed E-state index contributed by atoms with van der Waals surface area (Å²) in [5.41, 5.74) is 2.21. The Kier molecular flexibility index (Phi) is 5.43. The SMILES string of the molecule is C[C@@H]1C(=O)NCCN1C(=O)N[C@H](C)c1ccc(N2CCOCC2)cc1. The van der Waals surface area contributed by atoms with Gasteiger partial charge in [0.05, 0.1) is 19.3 Å². The zero-order valence-electron chi connectivity index (χ0n) is 14.8. The summed E-state index contributed by atoms with van der Waals surface area (Å²) in [5, 5.41) is 5.75.